The minimum absolute atomic E-state index is 0.0797. The highest BCUT2D eigenvalue weighted by Crippen LogP contribution is 2.22. The molecule has 4 nitrogen and oxygen atoms in total. The van der Waals surface area contributed by atoms with Crippen LogP contribution in [0.15, 0.2) is 34.9 Å². The van der Waals surface area contributed by atoms with Crippen LogP contribution in [0, 0.1) is 0 Å². The number of hydrogen-bond acceptors (Lipinski definition) is 3. The number of aryl methyl sites for hydroxylation is 1. The van der Waals surface area contributed by atoms with E-state index in [-0.39, 0.29) is 6.42 Å². The summed E-state index contributed by atoms with van der Waals surface area (Å²) < 4.78 is 5.34. The van der Waals surface area contributed by atoms with E-state index in [0.717, 1.165) is 22.7 Å². The van der Waals surface area contributed by atoms with Crippen molar-refractivity contribution in [3.8, 4) is 11.3 Å². The first kappa shape index (κ1) is 12.8. The van der Waals surface area contributed by atoms with E-state index in [1.807, 2.05) is 24.3 Å². The van der Waals surface area contributed by atoms with Gasteiger partial charge in [0.2, 0.25) is 0 Å². The van der Waals surface area contributed by atoms with Gasteiger partial charge >= 0.3 is 5.97 Å². The normalized spacial score (nSPS) is 10.5. The number of halogens is 1. The first-order valence-corrected chi connectivity index (χ1v) is 6.62. The molecule has 0 saturated heterocycles. The zero-order valence-electron chi connectivity index (χ0n) is 9.60. The number of alkyl halides is 1. The lowest BCUT2D eigenvalue weighted by Gasteiger charge is -2.05. The van der Waals surface area contributed by atoms with Gasteiger partial charge in [-0.1, -0.05) is 15.9 Å². The van der Waals surface area contributed by atoms with Crippen molar-refractivity contribution in [3.63, 3.8) is 0 Å². The highest BCUT2D eigenvalue weighted by Gasteiger charge is 2.08. The average Bonchev–Trinajstić information content (AvgIpc) is 2.89. The molecule has 2 heterocycles. The summed E-state index contributed by atoms with van der Waals surface area (Å²) in [5.41, 5.74) is 2.55. The summed E-state index contributed by atoms with van der Waals surface area (Å²) in [6.07, 6.45) is 2.11. The van der Waals surface area contributed by atoms with Crippen LogP contribution < -0.4 is 0 Å². The van der Waals surface area contributed by atoms with E-state index in [9.17, 15) is 4.79 Å². The number of carboxylic acid groups (broad SMARTS) is 1. The predicted molar refractivity (Wildman–Crippen MR) is 70.5 cm³/mol. The fourth-order valence-electron chi connectivity index (χ4n) is 1.67. The van der Waals surface area contributed by atoms with E-state index < -0.39 is 5.97 Å². The van der Waals surface area contributed by atoms with Crippen LogP contribution in [0.1, 0.15) is 17.8 Å². The van der Waals surface area contributed by atoms with Crippen LogP contribution >= 0.6 is 15.9 Å². The van der Waals surface area contributed by atoms with Crippen molar-refractivity contribution >= 4 is 21.9 Å². The number of rotatable bonds is 5. The molecule has 0 spiro atoms. The standard InChI is InChI=1S/C13H12BrNO3/c14-8-11-7-9(12-2-1-5-18-12)6-10(15-11)3-4-13(16)17/h1-2,5-7H,3-4,8H2,(H,16,17). The Hall–Kier alpha value is -1.62. The zero-order valence-corrected chi connectivity index (χ0v) is 11.2. The monoisotopic (exact) mass is 309 g/mol. The minimum atomic E-state index is -0.819. The maximum absolute atomic E-state index is 10.6. The van der Waals surface area contributed by atoms with Crippen LogP contribution in [-0.2, 0) is 16.5 Å². The molecule has 0 fully saturated rings. The van der Waals surface area contributed by atoms with E-state index in [1.54, 1.807) is 6.26 Å². The Morgan fingerprint density at radius 2 is 2.17 bits per heavy atom. The summed E-state index contributed by atoms with van der Waals surface area (Å²) in [7, 11) is 0. The van der Waals surface area contributed by atoms with Crippen molar-refractivity contribution < 1.29 is 14.3 Å². The van der Waals surface area contributed by atoms with Gasteiger partial charge in [-0.05, 0) is 24.3 Å². The Labute approximate surface area is 113 Å². The molecule has 0 aromatic carbocycles. The van der Waals surface area contributed by atoms with Crippen molar-refractivity contribution in [3.05, 3.63) is 41.9 Å². The first-order valence-electron chi connectivity index (χ1n) is 5.50. The highest BCUT2D eigenvalue weighted by atomic mass is 79.9. The summed E-state index contributed by atoms with van der Waals surface area (Å²) in [6, 6.07) is 7.49. The van der Waals surface area contributed by atoms with E-state index in [1.165, 1.54) is 0 Å². The molecule has 0 bridgehead atoms. The van der Waals surface area contributed by atoms with Crippen molar-refractivity contribution in [1.29, 1.82) is 0 Å². The molecule has 0 atom stereocenters. The predicted octanol–water partition coefficient (Wildman–Crippen LogP) is 3.25. The van der Waals surface area contributed by atoms with E-state index in [0.29, 0.717) is 11.8 Å². The molecule has 2 aromatic heterocycles. The average molecular weight is 310 g/mol. The molecule has 94 valence electrons. The third-order valence-electron chi connectivity index (χ3n) is 2.47. The van der Waals surface area contributed by atoms with Crippen LogP contribution in [0.5, 0.6) is 0 Å². The largest absolute Gasteiger partial charge is 0.481 e. The van der Waals surface area contributed by atoms with Gasteiger partial charge in [-0.25, -0.2) is 0 Å². The second kappa shape index (κ2) is 5.82. The number of nitrogens with zero attached hydrogens (tertiary/aromatic N) is 1. The molecule has 2 aromatic rings. The third-order valence-corrected chi connectivity index (χ3v) is 3.04. The quantitative estimate of drug-likeness (QED) is 0.861. The number of pyridine rings is 1. The number of aliphatic carboxylic acids is 1. The van der Waals surface area contributed by atoms with Gasteiger partial charge in [-0.15, -0.1) is 0 Å². The van der Waals surface area contributed by atoms with Crippen molar-refractivity contribution in [2.24, 2.45) is 0 Å². The van der Waals surface area contributed by atoms with Gasteiger partial charge < -0.3 is 9.52 Å². The molecule has 0 saturated carbocycles. The molecule has 0 aliphatic heterocycles. The minimum Gasteiger partial charge on any atom is -0.481 e. The fraction of sp³-hybridized carbons (Fsp3) is 0.231. The molecule has 0 amide bonds. The molecule has 0 aliphatic carbocycles. The second-order valence-electron chi connectivity index (χ2n) is 3.84. The van der Waals surface area contributed by atoms with Crippen LogP contribution in [0.3, 0.4) is 0 Å². The van der Waals surface area contributed by atoms with Gasteiger partial charge in [0.15, 0.2) is 0 Å². The molecule has 1 N–H and O–H groups in total. The Bertz CT molecular complexity index is 537. The van der Waals surface area contributed by atoms with Crippen molar-refractivity contribution in [1.82, 2.24) is 4.98 Å². The highest BCUT2D eigenvalue weighted by molar-refractivity contribution is 9.08. The number of hydrogen-bond donors (Lipinski definition) is 1. The van der Waals surface area contributed by atoms with Crippen molar-refractivity contribution in [2.75, 3.05) is 0 Å². The second-order valence-corrected chi connectivity index (χ2v) is 4.40. The SMILES string of the molecule is O=C(O)CCc1cc(-c2ccco2)cc(CBr)n1. The molecule has 5 heteroatoms. The molecular weight excluding hydrogens is 298 g/mol. The Morgan fingerprint density at radius 1 is 1.39 bits per heavy atom. The van der Waals surface area contributed by atoms with Gasteiger partial charge in [-0.2, -0.15) is 0 Å². The molecule has 0 unspecified atom stereocenters. The topological polar surface area (TPSA) is 63.3 Å². The lowest BCUT2D eigenvalue weighted by molar-refractivity contribution is -0.136. The smallest absolute Gasteiger partial charge is 0.303 e. The lowest BCUT2D eigenvalue weighted by atomic mass is 10.1. The van der Waals surface area contributed by atoms with E-state index >= 15 is 0 Å². The number of carboxylic acids is 1. The molecule has 0 aliphatic rings. The number of aromatic nitrogens is 1. The molecule has 0 radical (unpaired) electrons. The van der Waals surface area contributed by atoms with Crippen LogP contribution in [-0.4, -0.2) is 16.1 Å². The number of furan rings is 1. The Balaban J connectivity index is 2.30. The van der Waals surface area contributed by atoms with Gasteiger partial charge in [0.25, 0.3) is 0 Å². The fourth-order valence-corrected chi connectivity index (χ4v) is 1.95. The number of carbonyl (C=O) groups is 1. The summed E-state index contributed by atoms with van der Waals surface area (Å²) in [5, 5.41) is 9.33. The van der Waals surface area contributed by atoms with Gasteiger partial charge in [0.05, 0.1) is 18.4 Å². The Kier molecular flexibility index (Phi) is 4.15. The molecule has 18 heavy (non-hydrogen) atoms. The maximum Gasteiger partial charge on any atom is 0.303 e. The van der Waals surface area contributed by atoms with Crippen LogP contribution in [0.2, 0.25) is 0 Å². The molecular formula is C13H12BrNO3. The van der Waals surface area contributed by atoms with E-state index in [2.05, 4.69) is 20.9 Å². The summed E-state index contributed by atoms with van der Waals surface area (Å²) in [5.74, 6) is -0.0585. The summed E-state index contributed by atoms with van der Waals surface area (Å²) in [4.78, 5) is 15.0. The van der Waals surface area contributed by atoms with Crippen LogP contribution in [0.4, 0.5) is 0 Å². The van der Waals surface area contributed by atoms with Gasteiger partial charge in [0.1, 0.15) is 5.76 Å². The summed E-state index contributed by atoms with van der Waals surface area (Å²) >= 11 is 3.36. The van der Waals surface area contributed by atoms with Crippen LogP contribution in [0.25, 0.3) is 11.3 Å². The van der Waals surface area contributed by atoms with Gasteiger partial charge in [-0.3, -0.25) is 9.78 Å². The molecule has 2 rings (SSSR count). The zero-order chi connectivity index (χ0) is 13.0. The lowest BCUT2D eigenvalue weighted by Crippen LogP contribution is -2.01. The Morgan fingerprint density at radius 3 is 2.78 bits per heavy atom. The third kappa shape index (κ3) is 3.20. The first-order chi connectivity index (χ1) is 8.69. The maximum atomic E-state index is 10.6. The van der Waals surface area contributed by atoms with Gasteiger partial charge in [0, 0.05) is 23.0 Å². The van der Waals surface area contributed by atoms with E-state index in [4.69, 9.17) is 9.52 Å². The van der Waals surface area contributed by atoms with Crippen molar-refractivity contribution in [2.45, 2.75) is 18.2 Å². The summed E-state index contributed by atoms with van der Waals surface area (Å²) in [6.45, 7) is 0.